The van der Waals surface area contributed by atoms with Crippen LogP contribution in [-0.4, -0.2) is 25.5 Å². The van der Waals surface area contributed by atoms with Crippen LogP contribution in [0.1, 0.15) is 17.2 Å². The maximum absolute atomic E-state index is 13.2. The highest BCUT2D eigenvalue weighted by molar-refractivity contribution is 7.99. The summed E-state index contributed by atoms with van der Waals surface area (Å²) in [5.41, 5.74) is 2.29. The molecule has 0 fully saturated rings. The van der Waals surface area contributed by atoms with E-state index in [-0.39, 0.29) is 23.6 Å². The van der Waals surface area contributed by atoms with E-state index < -0.39 is 0 Å². The fourth-order valence-electron chi connectivity index (χ4n) is 3.52. The van der Waals surface area contributed by atoms with Gasteiger partial charge < -0.3 is 15.0 Å². The topological polar surface area (TPSA) is 58.6 Å². The van der Waals surface area contributed by atoms with Crippen molar-refractivity contribution in [3.8, 4) is 5.75 Å². The Bertz CT molecular complexity index is 1110. The summed E-state index contributed by atoms with van der Waals surface area (Å²) in [5, 5.41) is 3.28. The molecule has 0 aliphatic carbocycles. The van der Waals surface area contributed by atoms with Gasteiger partial charge in [0.15, 0.2) is 0 Å². The van der Waals surface area contributed by atoms with Crippen molar-refractivity contribution >= 4 is 46.6 Å². The highest BCUT2D eigenvalue weighted by atomic mass is 35.5. The number of benzene rings is 3. The lowest BCUT2D eigenvalue weighted by molar-refractivity contribution is -0.121. The van der Waals surface area contributed by atoms with Crippen molar-refractivity contribution in [2.24, 2.45) is 0 Å². The van der Waals surface area contributed by atoms with E-state index in [0.29, 0.717) is 22.9 Å². The summed E-state index contributed by atoms with van der Waals surface area (Å²) >= 11 is 7.71. The molecule has 1 aliphatic heterocycles. The highest BCUT2D eigenvalue weighted by Crippen LogP contribution is 2.45. The van der Waals surface area contributed by atoms with Gasteiger partial charge in [-0.15, -0.1) is 11.8 Å². The molecule has 1 N–H and O–H groups in total. The maximum Gasteiger partial charge on any atom is 0.244 e. The highest BCUT2D eigenvalue weighted by Gasteiger charge is 2.30. The van der Waals surface area contributed by atoms with Gasteiger partial charge in [-0.1, -0.05) is 54.1 Å². The van der Waals surface area contributed by atoms with Gasteiger partial charge in [0.05, 0.1) is 18.5 Å². The standard InChI is InChI=1S/C24H21ClN2O3S/c1-30-20-12-11-17(25)13-18(20)26-23(28)15-27-19-9-5-6-10-21(19)31-22(14-24(27)29)16-7-3-2-4-8-16/h2-13,22H,14-15H2,1H3,(H,26,28)/t22-/m1/s1. The predicted octanol–water partition coefficient (Wildman–Crippen LogP) is 5.56. The summed E-state index contributed by atoms with van der Waals surface area (Å²) in [5.74, 6) is 0.0754. The first-order chi connectivity index (χ1) is 15.0. The number of carbonyl (C=O) groups excluding carboxylic acids is 2. The van der Waals surface area contributed by atoms with E-state index in [1.165, 1.54) is 7.11 Å². The van der Waals surface area contributed by atoms with Gasteiger partial charge in [-0.05, 0) is 35.9 Å². The third kappa shape index (κ3) is 4.86. The van der Waals surface area contributed by atoms with Crippen LogP contribution in [0.4, 0.5) is 11.4 Å². The SMILES string of the molecule is COc1ccc(Cl)cc1NC(=O)CN1C(=O)C[C@H](c2ccccc2)Sc2ccccc21. The zero-order valence-electron chi connectivity index (χ0n) is 16.9. The number of nitrogens with zero attached hydrogens (tertiary/aromatic N) is 1. The molecule has 0 unspecified atom stereocenters. The number of carbonyl (C=O) groups is 2. The van der Waals surface area contributed by atoms with Crippen LogP contribution in [0.5, 0.6) is 5.75 Å². The minimum atomic E-state index is -0.327. The number of fused-ring (bicyclic) bond motifs is 1. The normalized spacial score (nSPS) is 15.7. The van der Waals surface area contributed by atoms with Gasteiger partial charge in [0.2, 0.25) is 11.8 Å². The number of nitrogens with one attached hydrogen (secondary N) is 1. The van der Waals surface area contributed by atoms with Crippen molar-refractivity contribution in [1.29, 1.82) is 0 Å². The van der Waals surface area contributed by atoms with E-state index in [2.05, 4.69) is 5.32 Å². The van der Waals surface area contributed by atoms with E-state index in [4.69, 9.17) is 16.3 Å². The van der Waals surface area contributed by atoms with Gasteiger partial charge in [-0.3, -0.25) is 9.59 Å². The first-order valence-electron chi connectivity index (χ1n) is 9.79. The number of hydrogen-bond acceptors (Lipinski definition) is 4. The Morgan fingerprint density at radius 1 is 1.13 bits per heavy atom. The summed E-state index contributed by atoms with van der Waals surface area (Å²) < 4.78 is 5.29. The summed E-state index contributed by atoms with van der Waals surface area (Å²) in [6.45, 7) is -0.104. The Morgan fingerprint density at radius 3 is 2.65 bits per heavy atom. The minimum Gasteiger partial charge on any atom is -0.495 e. The molecular formula is C24H21ClN2O3S. The Morgan fingerprint density at radius 2 is 1.87 bits per heavy atom. The van der Waals surface area contributed by atoms with Gasteiger partial charge in [-0.25, -0.2) is 0 Å². The third-order valence-electron chi connectivity index (χ3n) is 5.00. The average Bonchev–Trinajstić information content (AvgIpc) is 2.91. The first-order valence-corrected chi connectivity index (χ1v) is 11.1. The molecule has 0 saturated carbocycles. The van der Waals surface area contributed by atoms with Crippen molar-refractivity contribution < 1.29 is 14.3 Å². The molecular weight excluding hydrogens is 432 g/mol. The number of hydrogen-bond donors (Lipinski definition) is 1. The number of ether oxygens (including phenoxy) is 1. The van der Waals surface area contributed by atoms with Crippen LogP contribution in [0.25, 0.3) is 0 Å². The number of rotatable bonds is 5. The number of halogens is 1. The molecule has 0 aromatic heterocycles. The van der Waals surface area contributed by atoms with Gasteiger partial charge in [0.25, 0.3) is 0 Å². The second kappa shape index (κ2) is 9.45. The van der Waals surface area contributed by atoms with Crippen molar-refractivity contribution in [3.05, 3.63) is 83.4 Å². The van der Waals surface area contributed by atoms with Gasteiger partial charge in [0.1, 0.15) is 12.3 Å². The maximum atomic E-state index is 13.2. The van der Waals surface area contributed by atoms with Crippen molar-refractivity contribution in [2.45, 2.75) is 16.6 Å². The fourth-order valence-corrected chi connectivity index (χ4v) is 4.97. The second-order valence-corrected chi connectivity index (χ2v) is 8.74. The summed E-state index contributed by atoms with van der Waals surface area (Å²) in [6.07, 6.45) is 0.303. The molecule has 0 saturated heterocycles. The fraction of sp³-hybridized carbons (Fsp3) is 0.167. The lowest BCUT2D eigenvalue weighted by Crippen LogP contribution is -2.38. The molecule has 0 spiro atoms. The Kier molecular flexibility index (Phi) is 6.49. The Labute approximate surface area is 190 Å². The molecule has 0 bridgehead atoms. The van der Waals surface area contributed by atoms with Crippen LogP contribution in [0.15, 0.2) is 77.7 Å². The molecule has 1 atom stereocenters. The predicted molar refractivity (Wildman–Crippen MR) is 125 cm³/mol. The lowest BCUT2D eigenvalue weighted by atomic mass is 10.1. The van der Waals surface area contributed by atoms with E-state index in [9.17, 15) is 9.59 Å². The second-order valence-electron chi connectivity index (χ2n) is 7.06. The number of methoxy groups -OCH3 is 1. The monoisotopic (exact) mass is 452 g/mol. The van der Waals surface area contributed by atoms with Crippen LogP contribution in [-0.2, 0) is 9.59 Å². The van der Waals surface area contributed by atoms with E-state index in [0.717, 1.165) is 16.1 Å². The molecule has 2 amide bonds. The zero-order chi connectivity index (χ0) is 21.8. The molecule has 5 nitrogen and oxygen atoms in total. The Hall–Kier alpha value is -2.96. The quantitative estimate of drug-likeness (QED) is 0.550. The van der Waals surface area contributed by atoms with Crippen LogP contribution >= 0.6 is 23.4 Å². The molecule has 1 aliphatic rings. The minimum absolute atomic E-state index is 0.0177. The summed E-state index contributed by atoms with van der Waals surface area (Å²) in [6, 6.07) is 22.6. The number of thioether (sulfide) groups is 1. The van der Waals surface area contributed by atoms with Crippen LogP contribution in [0, 0.1) is 0 Å². The molecule has 1 heterocycles. The average molecular weight is 453 g/mol. The largest absolute Gasteiger partial charge is 0.495 e. The number of para-hydroxylation sites is 1. The van der Waals surface area contributed by atoms with E-state index in [1.807, 2.05) is 54.6 Å². The summed E-state index contributed by atoms with van der Waals surface area (Å²) in [4.78, 5) is 28.6. The van der Waals surface area contributed by atoms with E-state index >= 15 is 0 Å². The number of amides is 2. The van der Waals surface area contributed by atoms with Crippen LogP contribution in [0.2, 0.25) is 5.02 Å². The van der Waals surface area contributed by atoms with Crippen LogP contribution < -0.4 is 15.0 Å². The van der Waals surface area contributed by atoms with Crippen molar-refractivity contribution in [1.82, 2.24) is 0 Å². The van der Waals surface area contributed by atoms with Crippen molar-refractivity contribution in [3.63, 3.8) is 0 Å². The van der Waals surface area contributed by atoms with Crippen LogP contribution in [0.3, 0.4) is 0 Å². The van der Waals surface area contributed by atoms with Gasteiger partial charge >= 0.3 is 0 Å². The number of anilines is 2. The van der Waals surface area contributed by atoms with Gasteiger partial charge in [0, 0.05) is 21.6 Å². The van der Waals surface area contributed by atoms with Gasteiger partial charge in [-0.2, -0.15) is 0 Å². The molecule has 3 aromatic carbocycles. The lowest BCUT2D eigenvalue weighted by Gasteiger charge is -2.22. The van der Waals surface area contributed by atoms with Crippen molar-refractivity contribution in [2.75, 3.05) is 23.9 Å². The molecule has 158 valence electrons. The zero-order valence-corrected chi connectivity index (χ0v) is 18.5. The first kappa shape index (κ1) is 21.3. The molecule has 0 radical (unpaired) electrons. The molecule has 31 heavy (non-hydrogen) atoms. The Balaban J connectivity index is 1.59. The molecule has 7 heteroatoms. The molecule has 3 aromatic rings. The molecule has 4 rings (SSSR count). The smallest absolute Gasteiger partial charge is 0.244 e. The summed E-state index contributed by atoms with van der Waals surface area (Å²) in [7, 11) is 1.52. The van der Waals surface area contributed by atoms with E-state index in [1.54, 1.807) is 34.9 Å². The third-order valence-corrected chi connectivity index (χ3v) is 6.55.